The van der Waals surface area contributed by atoms with Gasteiger partial charge >= 0.3 is 0 Å². The SMILES string of the molecule is Cc1nc(C(=O)N(CCNC(=O)c2c(C)nc3sccn23)CC(C)C)c(-c2ccccc2)s1. The molecule has 1 aromatic carbocycles. The van der Waals surface area contributed by atoms with Crippen LogP contribution >= 0.6 is 22.7 Å². The summed E-state index contributed by atoms with van der Waals surface area (Å²) < 4.78 is 1.80. The Morgan fingerprint density at radius 2 is 1.91 bits per heavy atom. The average molecular weight is 482 g/mol. The molecule has 0 atom stereocenters. The molecule has 0 fully saturated rings. The zero-order chi connectivity index (χ0) is 23.5. The van der Waals surface area contributed by atoms with Crippen molar-refractivity contribution in [2.24, 2.45) is 5.92 Å². The second-order valence-electron chi connectivity index (χ2n) is 8.28. The van der Waals surface area contributed by atoms with Crippen LogP contribution in [-0.4, -0.2) is 50.7 Å². The summed E-state index contributed by atoms with van der Waals surface area (Å²) in [5, 5.41) is 5.72. The highest BCUT2D eigenvalue weighted by Crippen LogP contribution is 2.31. The van der Waals surface area contributed by atoms with Gasteiger partial charge in [0, 0.05) is 31.2 Å². The van der Waals surface area contributed by atoms with E-state index in [0.717, 1.165) is 20.4 Å². The molecule has 0 saturated carbocycles. The van der Waals surface area contributed by atoms with Crippen molar-refractivity contribution < 1.29 is 9.59 Å². The van der Waals surface area contributed by atoms with E-state index in [2.05, 4.69) is 29.1 Å². The predicted molar refractivity (Wildman–Crippen MR) is 133 cm³/mol. The third-order valence-electron chi connectivity index (χ3n) is 5.16. The summed E-state index contributed by atoms with van der Waals surface area (Å²) in [5.74, 6) is -0.0150. The van der Waals surface area contributed by atoms with Crippen molar-refractivity contribution in [2.75, 3.05) is 19.6 Å². The van der Waals surface area contributed by atoms with E-state index in [9.17, 15) is 9.59 Å². The van der Waals surface area contributed by atoms with E-state index in [0.29, 0.717) is 36.7 Å². The topological polar surface area (TPSA) is 79.6 Å². The molecular weight excluding hydrogens is 454 g/mol. The number of thiazole rings is 2. The molecule has 0 bridgehead atoms. The van der Waals surface area contributed by atoms with Crippen molar-refractivity contribution >= 4 is 39.4 Å². The van der Waals surface area contributed by atoms with Crippen molar-refractivity contribution in [2.45, 2.75) is 27.7 Å². The third kappa shape index (κ3) is 4.99. The number of amides is 2. The monoisotopic (exact) mass is 481 g/mol. The first kappa shape index (κ1) is 23.1. The maximum absolute atomic E-state index is 13.5. The van der Waals surface area contributed by atoms with Gasteiger partial charge in [-0.15, -0.1) is 22.7 Å². The van der Waals surface area contributed by atoms with Crippen molar-refractivity contribution in [1.29, 1.82) is 0 Å². The highest BCUT2D eigenvalue weighted by Gasteiger charge is 2.25. The van der Waals surface area contributed by atoms with Crippen LogP contribution in [-0.2, 0) is 0 Å². The Kier molecular flexibility index (Phi) is 6.90. The second kappa shape index (κ2) is 9.84. The third-order valence-corrected chi connectivity index (χ3v) is 6.94. The maximum atomic E-state index is 13.5. The van der Waals surface area contributed by atoms with E-state index in [1.807, 2.05) is 55.8 Å². The van der Waals surface area contributed by atoms with E-state index < -0.39 is 0 Å². The van der Waals surface area contributed by atoms with Gasteiger partial charge in [-0.1, -0.05) is 44.2 Å². The number of aryl methyl sites for hydroxylation is 2. The zero-order valence-corrected chi connectivity index (χ0v) is 20.8. The van der Waals surface area contributed by atoms with E-state index in [1.54, 1.807) is 9.30 Å². The van der Waals surface area contributed by atoms with Crippen molar-refractivity contribution in [3.8, 4) is 10.4 Å². The van der Waals surface area contributed by atoms with E-state index in [-0.39, 0.29) is 17.7 Å². The molecule has 0 spiro atoms. The fraction of sp³-hybridized carbons (Fsp3) is 0.333. The van der Waals surface area contributed by atoms with Crippen LogP contribution < -0.4 is 5.32 Å². The molecule has 172 valence electrons. The smallest absolute Gasteiger partial charge is 0.274 e. The molecule has 33 heavy (non-hydrogen) atoms. The number of hydrogen-bond donors (Lipinski definition) is 1. The normalized spacial score (nSPS) is 11.3. The molecule has 2 amide bonds. The van der Waals surface area contributed by atoms with Gasteiger partial charge in [0.2, 0.25) is 0 Å². The van der Waals surface area contributed by atoms with Gasteiger partial charge in [-0.3, -0.25) is 14.0 Å². The Morgan fingerprint density at radius 3 is 2.64 bits per heavy atom. The lowest BCUT2D eigenvalue weighted by Gasteiger charge is -2.24. The molecule has 3 heterocycles. The van der Waals surface area contributed by atoms with Crippen LogP contribution in [0.15, 0.2) is 41.9 Å². The van der Waals surface area contributed by atoms with Crippen LogP contribution in [0.25, 0.3) is 15.4 Å². The maximum Gasteiger partial charge on any atom is 0.274 e. The molecule has 4 aromatic rings. The molecule has 9 heteroatoms. The van der Waals surface area contributed by atoms with Gasteiger partial charge in [0.05, 0.1) is 15.6 Å². The molecular formula is C24H27N5O2S2. The zero-order valence-electron chi connectivity index (χ0n) is 19.2. The molecule has 4 rings (SSSR count). The van der Waals surface area contributed by atoms with Crippen molar-refractivity contribution in [3.05, 3.63) is 64.0 Å². The summed E-state index contributed by atoms with van der Waals surface area (Å²) >= 11 is 3.02. The number of aromatic nitrogens is 3. The molecule has 0 aliphatic heterocycles. The number of hydrogen-bond acceptors (Lipinski definition) is 6. The van der Waals surface area contributed by atoms with E-state index in [4.69, 9.17) is 0 Å². The number of carbonyl (C=O) groups excluding carboxylic acids is 2. The van der Waals surface area contributed by atoms with Crippen molar-refractivity contribution in [1.82, 2.24) is 24.6 Å². The van der Waals surface area contributed by atoms with Gasteiger partial charge in [0.1, 0.15) is 11.4 Å². The molecule has 0 unspecified atom stereocenters. The van der Waals surface area contributed by atoms with E-state index in [1.165, 1.54) is 22.7 Å². The van der Waals surface area contributed by atoms with Gasteiger partial charge in [-0.2, -0.15) is 0 Å². The number of nitrogens with zero attached hydrogens (tertiary/aromatic N) is 4. The molecule has 0 radical (unpaired) electrons. The van der Waals surface area contributed by atoms with Gasteiger partial charge < -0.3 is 10.2 Å². The Morgan fingerprint density at radius 1 is 1.15 bits per heavy atom. The minimum atomic E-state index is -0.190. The van der Waals surface area contributed by atoms with Gasteiger partial charge in [-0.05, 0) is 25.3 Å². The Labute approximate surface area is 201 Å². The number of carbonyl (C=O) groups is 2. The quantitative estimate of drug-likeness (QED) is 0.397. The molecule has 0 aliphatic rings. The summed E-state index contributed by atoms with van der Waals surface area (Å²) in [5.41, 5.74) is 2.69. The average Bonchev–Trinajstić information content (AvgIpc) is 3.46. The summed E-state index contributed by atoms with van der Waals surface area (Å²) in [4.78, 5) is 38.8. The highest BCUT2D eigenvalue weighted by molar-refractivity contribution is 7.15. The van der Waals surface area contributed by atoms with Crippen molar-refractivity contribution in [3.63, 3.8) is 0 Å². The largest absolute Gasteiger partial charge is 0.349 e. The molecule has 0 aliphatic carbocycles. The fourth-order valence-corrected chi connectivity index (χ4v) is 5.45. The Balaban J connectivity index is 1.50. The lowest BCUT2D eigenvalue weighted by atomic mass is 10.1. The van der Waals surface area contributed by atoms with Crippen LogP contribution in [0.3, 0.4) is 0 Å². The summed E-state index contributed by atoms with van der Waals surface area (Å²) in [6.45, 7) is 9.23. The summed E-state index contributed by atoms with van der Waals surface area (Å²) in [7, 11) is 0. The lowest BCUT2D eigenvalue weighted by Crippen LogP contribution is -2.41. The first-order valence-corrected chi connectivity index (χ1v) is 12.6. The molecule has 7 nitrogen and oxygen atoms in total. The van der Waals surface area contributed by atoms with Gasteiger partial charge in [-0.25, -0.2) is 9.97 Å². The summed E-state index contributed by atoms with van der Waals surface area (Å²) in [6.07, 6.45) is 1.85. The molecule has 0 saturated heterocycles. The number of nitrogens with one attached hydrogen (secondary N) is 1. The number of benzene rings is 1. The van der Waals surface area contributed by atoms with Gasteiger partial charge in [0.25, 0.3) is 11.8 Å². The minimum Gasteiger partial charge on any atom is -0.349 e. The van der Waals surface area contributed by atoms with E-state index >= 15 is 0 Å². The fourth-order valence-electron chi connectivity index (χ4n) is 3.78. The van der Waals surface area contributed by atoms with Crippen LogP contribution in [0.1, 0.15) is 45.5 Å². The van der Waals surface area contributed by atoms with Gasteiger partial charge in [0.15, 0.2) is 4.96 Å². The minimum absolute atomic E-state index is 0.109. The first-order valence-electron chi connectivity index (χ1n) is 10.9. The number of imidazole rings is 1. The standard InChI is InChI=1S/C24H27N5O2S2/c1-15(2)14-28(11-10-25-22(30)20-16(3)26-24-29(20)12-13-32-24)23(31)19-21(33-17(4)27-19)18-8-6-5-7-9-18/h5-9,12-13,15H,10-11,14H2,1-4H3,(H,25,30). The summed E-state index contributed by atoms with van der Waals surface area (Å²) in [6, 6.07) is 9.87. The molecule has 1 N–H and O–H groups in total. The van der Waals surface area contributed by atoms with Crippen LogP contribution in [0, 0.1) is 19.8 Å². The second-order valence-corrected chi connectivity index (χ2v) is 10.4. The highest BCUT2D eigenvalue weighted by atomic mass is 32.1. The molecule has 3 aromatic heterocycles. The predicted octanol–water partition coefficient (Wildman–Crippen LogP) is 4.66. The van der Waals surface area contributed by atoms with Crippen LogP contribution in [0.4, 0.5) is 0 Å². The van der Waals surface area contributed by atoms with Crippen LogP contribution in [0.5, 0.6) is 0 Å². The number of rotatable bonds is 8. The number of fused-ring (bicyclic) bond motifs is 1. The first-order chi connectivity index (χ1) is 15.8. The lowest BCUT2D eigenvalue weighted by molar-refractivity contribution is 0.0725. The Hall–Kier alpha value is -3.04. The van der Waals surface area contributed by atoms with Crippen LogP contribution in [0.2, 0.25) is 0 Å². The Bertz CT molecular complexity index is 1270.